The van der Waals surface area contributed by atoms with Gasteiger partial charge in [0.15, 0.2) is 0 Å². The van der Waals surface area contributed by atoms with Gasteiger partial charge in [-0.25, -0.2) is 8.78 Å². The van der Waals surface area contributed by atoms with Gasteiger partial charge < -0.3 is 10.1 Å². The van der Waals surface area contributed by atoms with Gasteiger partial charge in [0.25, 0.3) is 0 Å². The summed E-state index contributed by atoms with van der Waals surface area (Å²) in [6, 6.07) is 3.96. The summed E-state index contributed by atoms with van der Waals surface area (Å²) in [5, 5.41) is 3.13. The van der Waals surface area contributed by atoms with E-state index in [1.165, 1.54) is 18.2 Å². The first kappa shape index (κ1) is 13.1. The molecule has 1 rings (SSSR count). The smallest absolute Gasteiger partial charge is 0.129 e. The first-order chi connectivity index (χ1) is 7.75. The van der Waals surface area contributed by atoms with E-state index < -0.39 is 11.6 Å². The monoisotopic (exact) mass is 229 g/mol. The number of benzene rings is 1. The average Bonchev–Trinajstić information content (AvgIpc) is 2.26. The van der Waals surface area contributed by atoms with Gasteiger partial charge in [0, 0.05) is 19.2 Å². The van der Waals surface area contributed by atoms with E-state index in [4.69, 9.17) is 4.74 Å². The SMILES string of the molecule is COCCNCCCc1c(F)cccc1F. The van der Waals surface area contributed by atoms with Crippen LogP contribution in [-0.4, -0.2) is 26.8 Å². The summed E-state index contributed by atoms with van der Waals surface area (Å²) in [5.74, 6) is -0.922. The van der Waals surface area contributed by atoms with Crippen LogP contribution >= 0.6 is 0 Å². The van der Waals surface area contributed by atoms with Crippen molar-refractivity contribution in [3.63, 3.8) is 0 Å². The zero-order chi connectivity index (χ0) is 11.8. The molecule has 0 bridgehead atoms. The summed E-state index contributed by atoms with van der Waals surface area (Å²) >= 11 is 0. The number of methoxy groups -OCH3 is 1. The molecule has 0 aliphatic rings. The molecule has 90 valence electrons. The fourth-order valence-electron chi connectivity index (χ4n) is 1.46. The molecule has 0 spiro atoms. The third kappa shape index (κ3) is 4.24. The summed E-state index contributed by atoms with van der Waals surface area (Å²) in [5.41, 5.74) is 0.177. The number of hydrogen-bond donors (Lipinski definition) is 1. The van der Waals surface area contributed by atoms with Gasteiger partial charge in [0.05, 0.1) is 6.61 Å². The van der Waals surface area contributed by atoms with Gasteiger partial charge in [-0.05, 0) is 31.5 Å². The zero-order valence-corrected chi connectivity index (χ0v) is 9.43. The van der Waals surface area contributed by atoms with E-state index in [-0.39, 0.29) is 5.56 Å². The Bertz CT molecular complexity index is 298. The Morgan fingerprint density at radius 1 is 1.19 bits per heavy atom. The quantitative estimate of drug-likeness (QED) is 0.723. The first-order valence-electron chi connectivity index (χ1n) is 5.38. The van der Waals surface area contributed by atoms with Crippen LogP contribution in [0.25, 0.3) is 0 Å². The van der Waals surface area contributed by atoms with Crippen molar-refractivity contribution in [3.8, 4) is 0 Å². The van der Waals surface area contributed by atoms with Crippen LogP contribution < -0.4 is 5.32 Å². The van der Waals surface area contributed by atoms with E-state index >= 15 is 0 Å². The number of halogens is 2. The van der Waals surface area contributed by atoms with Crippen molar-refractivity contribution < 1.29 is 13.5 Å². The van der Waals surface area contributed by atoms with Gasteiger partial charge >= 0.3 is 0 Å². The van der Waals surface area contributed by atoms with Crippen LogP contribution in [-0.2, 0) is 11.2 Å². The van der Waals surface area contributed by atoms with Crippen LogP contribution in [0.15, 0.2) is 18.2 Å². The summed E-state index contributed by atoms with van der Waals surface area (Å²) in [6.45, 7) is 2.14. The Balaban J connectivity index is 2.26. The highest BCUT2D eigenvalue weighted by Crippen LogP contribution is 2.13. The minimum Gasteiger partial charge on any atom is -0.383 e. The molecule has 0 unspecified atom stereocenters. The summed E-state index contributed by atoms with van der Waals surface area (Å²) in [4.78, 5) is 0. The van der Waals surface area contributed by atoms with Crippen molar-refractivity contribution in [1.82, 2.24) is 5.32 Å². The van der Waals surface area contributed by atoms with Crippen LogP contribution in [0.3, 0.4) is 0 Å². The Morgan fingerprint density at radius 2 is 1.88 bits per heavy atom. The third-order valence-electron chi connectivity index (χ3n) is 2.32. The number of nitrogens with one attached hydrogen (secondary N) is 1. The lowest BCUT2D eigenvalue weighted by molar-refractivity contribution is 0.199. The molecule has 0 aliphatic heterocycles. The van der Waals surface area contributed by atoms with Crippen LogP contribution in [0.5, 0.6) is 0 Å². The lowest BCUT2D eigenvalue weighted by atomic mass is 10.1. The number of rotatable bonds is 7. The zero-order valence-electron chi connectivity index (χ0n) is 9.43. The Morgan fingerprint density at radius 3 is 2.50 bits per heavy atom. The summed E-state index contributed by atoms with van der Waals surface area (Å²) in [6.07, 6.45) is 1.13. The van der Waals surface area contributed by atoms with Crippen LogP contribution in [0.2, 0.25) is 0 Å². The Labute approximate surface area is 94.6 Å². The highest BCUT2D eigenvalue weighted by atomic mass is 19.1. The van der Waals surface area contributed by atoms with Gasteiger partial charge in [0.2, 0.25) is 0 Å². The first-order valence-corrected chi connectivity index (χ1v) is 5.38. The van der Waals surface area contributed by atoms with E-state index in [0.717, 1.165) is 13.1 Å². The Hall–Kier alpha value is -1.00. The van der Waals surface area contributed by atoms with E-state index in [0.29, 0.717) is 19.4 Å². The van der Waals surface area contributed by atoms with E-state index in [9.17, 15) is 8.78 Å². The average molecular weight is 229 g/mol. The third-order valence-corrected chi connectivity index (χ3v) is 2.32. The molecule has 0 saturated heterocycles. The van der Waals surface area contributed by atoms with E-state index in [1.807, 2.05) is 0 Å². The highest BCUT2D eigenvalue weighted by molar-refractivity contribution is 5.19. The molecule has 0 radical (unpaired) electrons. The van der Waals surface area contributed by atoms with E-state index in [2.05, 4.69) is 5.32 Å². The molecule has 16 heavy (non-hydrogen) atoms. The molecule has 0 fully saturated rings. The molecule has 0 amide bonds. The lowest BCUT2D eigenvalue weighted by Gasteiger charge is -2.06. The fourth-order valence-corrected chi connectivity index (χ4v) is 1.46. The van der Waals surface area contributed by atoms with Crippen molar-refractivity contribution in [2.24, 2.45) is 0 Å². The fraction of sp³-hybridized carbons (Fsp3) is 0.500. The van der Waals surface area contributed by atoms with Crippen LogP contribution in [0.4, 0.5) is 8.78 Å². The van der Waals surface area contributed by atoms with Crippen molar-refractivity contribution in [2.75, 3.05) is 26.8 Å². The molecule has 1 N–H and O–H groups in total. The Kier molecular flexibility index (Phi) is 5.96. The molecule has 4 heteroatoms. The number of hydrogen-bond acceptors (Lipinski definition) is 2. The van der Waals surface area contributed by atoms with Gasteiger partial charge in [-0.3, -0.25) is 0 Å². The predicted molar refractivity (Wildman–Crippen MR) is 59.4 cm³/mol. The van der Waals surface area contributed by atoms with Crippen LogP contribution in [0, 0.1) is 11.6 Å². The second-order valence-corrected chi connectivity index (χ2v) is 3.55. The van der Waals surface area contributed by atoms with Gasteiger partial charge in [-0.15, -0.1) is 0 Å². The minimum atomic E-state index is -0.461. The maximum Gasteiger partial charge on any atom is 0.129 e. The molecular weight excluding hydrogens is 212 g/mol. The normalized spacial score (nSPS) is 10.7. The van der Waals surface area contributed by atoms with Crippen molar-refractivity contribution in [3.05, 3.63) is 35.4 Å². The molecule has 0 atom stereocenters. The topological polar surface area (TPSA) is 21.3 Å². The van der Waals surface area contributed by atoms with Crippen molar-refractivity contribution in [2.45, 2.75) is 12.8 Å². The van der Waals surface area contributed by atoms with Gasteiger partial charge in [-0.1, -0.05) is 6.07 Å². The molecule has 1 aromatic carbocycles. The molecule has 0 saturated carbocycles. The van der Waals surface area contributed by atoms with Crippen LogP contribution in [0.1, 0.15) is 12.0 Å². The molecule has 1 aromatic rings. The highest BCUT2D eigenvalue weighted by Gasteiger charge is 2.06. The van der Waals surface area contributed by atoms with Gasteiger partial charge in [0.1, 0.15) is 11.6 Å². The van der Waals surface area contributed by atoms with Crippen molar-refractivity contribution in [1.29, 1.82) is 0 Å². The second-order valence-electron chi connectivity index (χ2n) is 3.55. The molecule has 0 aliphatic carbocycles. The molecular formula is C12H17F2NO. The minimum absolute atomic E-state index is 0.177. The molecule has 2 nitrogen and oxygen atoms in total. The maximum absolute atomic E-state index is 13.2. The molecule has 0 heterocycles. The molecule has 0 aromatic heterocycles. The number of ether oxygens (including phenoxy) is 1. The summed E-state index contributed by atoms with van der Waals surface area (Å²) in [7, 11) is 1.64. The summed E-state index contributed by atoms with van der Waals surface area (Å²) < 4.78 is 31.3. The largest absolute Gasteiger partial charge is 0.383 e. The van der Waals surface area contributed by atoms with Crippen molar-refractivity contribution >= 4 is 0 Å². The lowest BCUT2D eigenvalue weighted by Crippen LogP contribution is -2.20. The van der Waals surface area contributed by atoms with E-state index in [1.54, 1.807) is 7.11 Å². The second kappa shape index (κ2) is 7.30. The maximum atomic E-state index is 13.2. The predicted octanol–water partition coefficient (Wildman–Crippen LogP) is 2.13. The standard InChI is InChI=1S/C12H17F2NO/c1-16-9-8-15-7-3-4-10-11(13)5-2-6-12(10)14/h2,5-6,15H,3-4,7-9H2,1H3. The van der Waals surface area contributed by atoms with Gasteiger partial charge in [-0.2, -0.15) is 0 Å².